The first kappa shape index (κ1) is 13.0. The minimum Gasteiger partial charge on any atom is -0.309 e. The Morgan fingerprint density at radius 3 is 2.71 bits per heavy atom. The van der Waals surface area contributed by atoms with Gasteiger partial charge in [-0.2, -0.15) is 11.8 Å². The molecule has 2 unspecified atom stereocenters. The molecule has 0 spiro atoms. The SMILES string of the molecule is CCSC1CCCC1NCc1ccc(C)cc1. The van der Waals surface area contributed by atoms with Gasteiger partial charge in [0.25, 0.3) is 0 Å². The average molecular weight is 249 g/mol. The predicted octanol–water partition coefficient (Wildman–Crippen LogP) is 3.76. The highest BCUT2D eigenvalue weighted by Gasteiger charge is 2.26. The van der Waals surface area contributed by atoms with E-state index in [4.69, 9.17) is 0 Å². The monoisotopic (exact) mass is 249 g/mol. The second kappa shape index (κ2) is 6.46. The highest BCUT2D eigenvalue weighted by atomic mass is 32.2. The Morgan fingerprint density at radius 1 is 1.24 bits per heavy atom. The quantitative estimate of drug-likeness (QED) is 0.853. The lowest BCUT2D eigenvalue weighted by Crippen LogP contribution is -2.33. The maximum absolute atomic E-state index is 3.73. The summed E-state index contributed by atoms with van der Waals surface area (Å²) in [4.78, 5) is 0. The minimum atomic E-state index is 0.723. The lowest BCUT2D eigenvalue weighted by atomic mass is 10.1. The third kappa shape index (κ3) is 3.75. The standard InChI is InChI=1S/C15H23NS/c1-3-17-15-6-4-5-14(15)16-11-13-9-7-12(2)8-10-13/h7-10,14-16H,3-6,11H2,1-2H3. The molecule has 0 heterocycles. The number of rotatable bonds is 5. The second-order valence-corrected chi connectivity index (χ2v) is 6.41. The van der Waals surface area contributed by atoms with E-state index in [1.54, 1.807) is 0 Å². The summed E-state index contributed by atoms with van der Waals surface area (Å²) < 4.78 is 0. The normalized spacial score (nSPS) is 24.1. The van der Waals surface area contributed by atoms with Gasteiger partial charge >= 0.3 is 0 Å². The van der Waals surface area contributed by atoms with Crippen molar-refractivity contribution >= 4 is 11.8 Å². The molecule has 17 heavy (non-hydrogen) atoms. The van der Waals surface area contributed by atoms with Crippen LogP contribution in [0.25, 0.3) is 0 Å². The fourth-order valence-electron chi connectivity index (χ4n) is 2.53. The van der Waals surface area contributed by atoms with E-state index >= 15 is 0 Å². The molecule has 94 valence electrons. The second-order valence-electron chi connectivity index (χ2n) is 4.90. The number of benzene rings is 1. The zero-order valence-electron chi connectivity index (χ0n) is 10.9. The van der Waals surface area contributed by atoms with Gasteiger partial charge in [-0.25, -0.2) is 0 Å². The summed E-state index contributed by atoms with van der Waals surface area (Å²) in [7, 11) is 0. The molecule has 0 aromatic heterocycles. The Bertz CT molecular complexity index is 333. The van der Waals surface area contributed by atoms with Crippen LogP contribution in [0.15, 0.2) is 24.3 Å². The van der Waals surface area contributed by atoms with Gasteiger partial charge in [-0.15, -0.1) is 0 Å². The van der Waals surface area contributed by atoms with Crippen LogP contribution in [0.2, 0.25) is 0 Å². The molecule has 2 rings (SSSR count). The Labute approximate surface area is 109 Å². The van der Waals surface area contributed by atoms with Gasteiger partial charge in [-0.05, 0) is 31.1 Å². The highest BCUT2D eigenvalue weighted by molar-refractivity contribution is 7.99. The number of nitrogens with one attached hydrogen (secondary N) is 1. The maximum atomic E-state index is 3.73. The number of hydrogen-bond acceptors (Lipinski definition) is 2. The van der Waals surface area contributed by atoms with Crippen molar-refractivity contribution in [2.45, 2.75) is 50.9 Å². The van der Waals surface area contributed by atoms with Crippen LogP contribution in [-0.4, -0.2) is 17.0 Å². The predicted molar refractivity (Wildman–Crippen MR) is 77.6 cm³/mol. The Morgan fingerprint density at radius 2 is 2.00 bits per heavy atom. The Hall–Kier alpha value is -0.470. The van der Waals surface area contributed by atoms with Crippen LogP contribution in [0, 0.1) is 6.92 Å². The summed E-state index contributed by atoms with van der Waals surface area (Å²) in [5.74, 6) is 1.24. The van der Waals surface area contributed by atoms with E-state index in [0.29, 0.717) is 0 Å². The first-order valence-electron chi connectivity index (χ1n) is 6.70. The van der Waals surface area contributed by atoms with Crippen molar-refractivity contribution in [3.8, 4) is 0 Å². The molecule has 1 aliphatic rings. The Balaban J connectivity index is 1.83. The molecule has 1 fully saturated rings. The van der Waals surface area contributed by atoms with Crippen LogP contribution in [-0.2, 0) is 6.54 Å². The molecule has 1 aliphatic carbocycles. The van der Waals surface area contributed by atoms with Crippen molar-refractivity contribution in [1.29, 1.82) is 0 Å². The number of thioether (sulfide) groups is 1. The largest absolute Gasteiger partial charge is 0.309 e. The van der Waals surface area contributed by atoms with Gasteiger partial charge in [0.2, 0.25) is 0 Å². The first-order chi connectivity index (χ1) is 8.29. The van der Waals surface area contributed by atoms with Crippen LogP contribution in [0.4, 0.5) is 0 Å². The topological polar surface area (TPSA) is 12.0 Å². The lowest BCUT2D eigenvalue weighted by Gasteiger charge is -2.20. The molecular weight excluding hydrogens is 226 g/mol. The fourth-order valence-corrected chi connectivity index (χ4v) is 3.75. The number of hydrogen-bond donors (Lipinski definition) is 1. The van der Waals surface area contributed by atoms with Crippen molar-refractivity contribution in [3.05, 3.63) is 35.4 Å². The van der Waals surface area contributed by atoms with E-state index in [1.165, 1.54) is 36.1 Å². The van der Waals surface area contributed by atoms with Gasteiger partial charge in [0.15, 0.2) is 0 Å². The molecule has 1 aromatic carbocycles. The van der Waals surface area contributed by atoms with Crippen LogP contribution in [0.1, 0.15) is 37.3 Å². The van der Waals surface area contributed by atoms with E-state index < -0.39 is 0 Å². The van der Waals surface area contributed by atoms with Crippen molar-refractivity contribution in [1.82, 2.24) is 5.32 Å². The summed E-state index contributed by atoms with van der Waals surface area (Å²) in [5, 5.41) is 4.57. The summed E-state index contributed by atoms with van der Waals surface area (Å²) in [5.41, 5.74) is 2.75. The van der Waals surface area contributed by atoms with E-state index in [-0.39, 0.29) is 0 Å². The molecule has 2 atom stereocenters. The lowest BCUT2D eigenvalue weighted by molar-refractivity contribution is 0.532. The van der Waals surface area contributed by atoms with Crippen molar-refractivity contribution in [2.24, 2.45) is 0 Å². The zero-order valence-corrected chi connectivity index (χ0v) is 11.7. The van der Waals surface area contributed by atoms with Gasteiger partial charge in [0.05, 0.1) is 0 Å². The van der Waals surface area contributed by atoms with Crippen molar-refractivity contribution < 1.29 is 0 Å². The molecule has 2 heteroatoms. The van der Waals surface area contributed by atoms with Gasteiger partial charge in [0.1, 0.15) is 0 Å². The van der Waals surface area contributed by atoms with E-state index in [9.17, 15) is 0 Å². The maximum Gasteiger partial charge on any atom is 0.0208 e. The van der Waals surface area contributed by atoms with E-state index in [2.05, 4.69) is 55.2 Å². The summed E-state index contributed by atoms with van der Waals surface area (Å²) in [6.45, 7) is 5.42. The Kier molecular flexibility index (Phi) is 4.93. The smallest absolute Gasteiger partial charge is 0.0208 e. The molecule has 0 amide bonds. The van der Waals surface area contributed by atoms with Crippen molar-refractivity contribution in [2.75, 3.05) is 5.75 Å². The van der Waals surface area contributed by atoms with Gasteiger partial charge in [-0.1, -0.05) is 43.2 Å². The molecule has 0 bridgehead atoms. The zero-order chi connectivity index (χ0) is 12.1. The molecule has 0 saturated heterocycles. The molecule has 1 aromatic rings. The molecule has 1 nitrogen and oxygen atoms in total. The summed E-state index contributed by atoms with van der Waals surface area (Å²) >= 11 is 2.12. The van der Waals surface area contributed by atoms with Crippen LogP contribution in [0.5, 0.6) is 0 Å². The van der Waals surface area contributed by atoms with Gasteiger partial charge < -0.3 is 5.32 Å². The van der Waals surface area contributed by atoms with Crippen LogP contribution >= 0.6 is 11.8 Å². The molecular formula is C15H23NS. The summed E-state index contributed by atoms with van der Waals surface area (Å²) in [6.07, 6.45) is 4.14. The molecule has 0 radical (unpaired) electrons. The molecule has 1 N–H and O–H groups in total. The van der Waals surface area contributed by atoms with E-state index in [1.807, 2.05) is 0 Å². The molecule has 1 saturated carbocycles. The minimum absolute atomic E-state index is 0.723. The van der Waals surface area contributed by atoms with Crippen LogP contribution in [0.3, 0.4) is 0 Å². The fraction of sp³-hybridized carbons (Fsp3) is 0.600. The third-order valence-corrected chi connectivity index (χ3v) is 4.85. The first-order valence-corrected chi connectivity index (χ1v) is 7.75. The van der Waals surface area contributed by atoms with E-state index in [0.717, 1.165) is 17.8 Å². The van der Waals surface area contributed by atoms with Crippen LogP contribution < -0.4 is 5.32 Å². The average Bonchev–Trinajstić information content (AvgIpc) is 2.77. The number of aryl methyl sites for hydroxylation is 1. The summed E-state index contributed by atoms with van der Waals surface area (Å²) in [6, 6.07) is 9.59. The van der Waals surface area contributed by atoms with Crippen molar-refractivity contribution in [3.63, 3.8) is 0 Å². The third-order valence-electron chi connectivity index (χ3n) is 3.52. The molecule has 0 aliphatic heterocycles. The van der Waals surface area contributed by atoms with Gasteiger partial charge in [0, 0.05) is 17.8 Å². The highest BCUT2D eigenvalue weighted by Crippen LogP contribution is 2.30. The van der Waals surface area contributed by atoms with Gasteiger partial charge in [-0.3, -0.25) is 0 Å².